The Morgan fingerprint density at radius 3 is 2.84 bits per heavy atom. The van der Waals surface area contributed by atoms with Crippen molar-refractivity contribution < 1.29 is 9.59 Å². The van der Waals surface area contributed by atoms with E-state index in [2.05, 4.69) is 17.1 Å². The van der Waals surface area contributed by atoms with Crippen molar-refractivity contribution in [1.29, 1.82) is 0 Å². The maximum absolute atomic E-state index is 12.4. The van der Waals surface area contributed by atoms with E-state index in [1.54, 1.807) is 9.80 Å². The Kier molecular flexibility index (Phi) is 5.81. The number of hydrogen-bond acceptors (Lipinski definition) is 4. The number of thiazole rings is 1. The average Bonchev–Trinajstić information content (AvgIpc) is 3.24. The summed E-state index contributed by atoms with van der Waals surface area (Å²) in [7, 11) is 1.84. The maximum Gasteiger partial charge on any atom is 0.228 e. The molecule has 0 bridgehead atoms. The van der Waals surface area contributed by atoms with Crippen LogP contribution in [0.2, 0.25) is 0 Å². The summed E-state index contributed by atoms with van der Waals surface area (Å²) >= 11 is 1.44. The fourth-order valence-corrected chi connectivity index (χ4v) is 3.80. The van der Waals surface area contributed by atoms with Crippen molar-refractivity contribution in [2.24, 2.45) is 0 Å². The third-order valence-corrected chi connectivity index (χ3v) is 5.32. The molecule has 1 aliphatic heterocycles. The fraction of sp³-hybridized carbons (Fsp3) is 0.421. The summed E-state index contributed by atoms with van der Waals surface area (Å²) in [4.78, 5) is 32.1. The predicted molar refractivity (Wildman–Crippen MR) is 99.8 cm³/mol. The number of carbonyl (C=O) groups excluding carboxylic acids is 2. The third-order valence-electron chi connectivity index (χ3n) is 4.40. The van der Waals surface area contributed by atoms with E-state index in [1.807, 2.05) is 30.6 Å². The van der Waals surface area contributed by atoms with Gasteiger partial charge in [-0.05, 0) is 24.8 Å². The van der Waals surface area contributed by atoms with Crippen LogP contribution in [0, 0.1) is 0 Å². The molecule has 0 spiro atoms. The highest BCUT2D eigenvalue weighted by Gasteiger charge is 2.24. The number of anilines is 1. The van der Waals surface area contributed by atoms with Gasteiger partial charge in [0, 0.05) is 31.9 Å². The molecule has 0 N–H and O–H groups in total. The molecule has 0 unspecified atom stereocenters. The van der Waals surface area contributed by atoms with Gasteiger partial charge in [-0.1, -0.05) is 30.3 Å². The average molecular weight is 357 g/mol. The molecule has 2 aromatic rings. The maximum atomic E-state index is 12.4. The van der Waals surface area contributed by atoms with Gasteiger partial charge in [-0.15, -0.1) is 11.3 Å². The number of aromatic nitrogens is 1. The lowest BCUT2D eigenvalue weighted by Crippen LogP contribution is -2.29. The summed E-state index contributed by atoms with van der Waals surface area (Å²) in [6.45, 7) is 1.47. The molecule has 5 nitrogen and oxygen atoms in total. The minimum Gasteiger partial charge on any atom is -0.345 e. The van der Waals surface area contributed by atoms with E-state index in [9.17, 15) is 9.59 Å². The van der Waals surface area contributed by atoms with Gasteiger partial charge in [0.15, 0.2) is 5.13 Å². The molecule has 0 radical (unpaired) electrons. The van der Waals surface area contributed by atoms with E-state index in [1.165, 1.54) is 16.9 Å². The number of benzene rings is 1. The van der Waals surface area contributed by atoms with E-state index in [0.717, 1.165) is 43.2 Å². The second-order valence-electron chi connectivity index (χ2n) is 6.35. The molecular weight excluding hydrogens is 334 g/mol. The van der Waals surface area contributed by atoms with E-state index in [-0.39, 0.29) is 11.8 Å². The normalized spacial score (nSPS) is 14.1. The minimum atomic E-state index is 0.0673. The van der Waals surface area contributed by atoms with Gasteiger partial charge in [0.1, 0.15) is 0 Å². The number of likely N-dealkylation sites (N-methyl/N-ethyl adjacent to an activating group) is 1. The summed E-state index contributed by atoms with van der Waals surface area (Å²) < 4.78 is 0. The van der Waals surface area contributed by atoms with Crippen LogP contribution in [-0.2, 0) is 22.4 Å². The lowest BCUT2D eigenvalue weighted by molar-refractivity contribution is -0.129. The van der Waals surface area contributed by atoms with Gasteiger partial charge in [-0.25, -0.2) is 4.98 Å². The van der Waals surface area contributed by atoms with Crippen LogP contribution in [0.1, 0.15) is 30.5 Å². The molecular formula is C19H23N3O2S. The first-order valence-electron chi connectivity index (χ1n) is 8.66. The SMILES string of the molecule is CN(CCCc1ccccc1)C(=O)Cc1csc(N2CCCC2=O)n1. The number of hydrogen-bond donors (Lipinski definition) is 0. The van der Waals surface area contributed by atoms with E-state index in [0.29, 0.717) is 12.8 Å². The highest BCUT2D eigenvalue weighted by molar-refractivity contribution is 7.14. The molecule has 25 heavy (non-hydrogen) atoms. The third kappa shape index (κ3) is 4.66. The molecule has 132 valence electrons. The molecule has 1 aromatic heterocycles. The van der Waals surface area contributed by atoms with Crippen LogP contribution < -0.4 is 4.90 Å². The molecule has 0 aliphatic carbocycles. The van der Waals surface area contributed by atoms with Crippen LogP contribution in [0.5, 0.6) is 0 Å². The van der Waals surface area contributed by atoms with Crippen LogP contribution in [0.25, 0.3) is 0 Å². The van der Waals surface area contributed by atoms with Crippen LogP contribution in [0.15, 0.2) is 35.7 Å². The Hall–Kier alpha value is -2.21. The summed E-state index contributed by atoms with van der Waals surface area (Å²) in [5.74, 6) is 0.197. The standard InChI is InChI=1S/C19H23N3O2S/c1-21(11-5-9-15-7-3-2-4-8-15)18(24)13-16-14-25-19(20-16)22-12-6-10-17(22)23/h2-4,7-8,14H,5-6,9-13H2,1H3. The van der Waals surface area contributed by atoms with Gasteiger partial charge in [0.05, 0.1) is 12.1 Å². The van der Waals surface area contributed by atoms with E-state index < -0.39 is 0 Å². The predicted octanol–water partition coefficient (Wildman–Crippen LogP) is 2.90. The van der Waals surface area contributed by atoms with E-state index in [4.69, 9.17) is 0 Å². The zero-order valence-electron chi connectivity index (χ0n) is 14.5. The highest BCUT2D eigenvalue weighted by atomic mass is 32.1. The molecule has 6 heteroatoms. The largest absolute Gasteiger partial charge is 0.345 e. The smallest absolute Gasteiger partial charge is 0.228 e. The summed E-state index contributed by atoms with van der Waals surface area (Å²) in [6.07, 6.45) is 3.68. The van der Waals surface area contributed by atoms with Crippen molar-refractivity contribution in [3.05, 3.63) is 47.0 Å². The van der Waals surface area contributed by atoms with Crippen LogP contribution in [0.3, 0.4) is 0 Å². The lowest BCUT2D eigenvalue weighted by Gasteiger charge is -2.16. The zero-order valence-corrected chi connectivity index (χ0v) is 15.3. The lowest BCUT2D eigenvalue weighted by atomic mass is 10.1. The molecule has 3 rings (SSSR count). The highest BCUT2D eigenvalue weighted by Crippen LogP contribution is 2.25. The Bertz CT molecular complexity index is 729. The van der Waals surface area contributed by atoms with E-state index >= 15 is 0 Å². The summed E-state index contributed by atoms with van der Waals surface area (Å²) in [6, 6.07) is 10.3. The molecule has 2 amide bonds. The molecule has 1 fully saturated rings. The number of amides is 2. The van der Waals surface area contributed by atoms with Gasteiger partial charge in [0.25, 0.3) is 0 Å². The molecule has 0 atom stereocenters. The quantitative estimate of drug-likeness (QED) is 0.766. The molecule has 1 saturated heterocycles. The first-order valence-corrected chi connectivity index (χ1v) is 9.54. The summed E-state index contributed by atoms with van der Waals surface area (Å²) in [5, 5.41) is 2.61. The van der Waals surface area contributed by atoms with Crippen molar-refractivity contribution >= 4 is 28.3 Å². The van der Waals surface area contributed by atoms with Crippen molar-refractivity contribution in [1.82, 2.24) is 9.88 Å². The van der Waals surface area contributed by atoms with Crippen molar-refractivity contribution in [2.45, 2.75) is 32.1 Å². The number of carbonyl (C=O) groups is 2. The second-order valence-corrected chi connectivity index (χ2v) is 7.19. The Labute approximate surface area is 152 Å². The van der Waals surface area contributed by atoms with Crippen LogP contribution >= 0.6 is 11.3 Å². The zero-order chi connectivity index (χ0) is 17.6. The van der Waals surface area contributed by atoms with Crippen LogP contribution in [0.4, 0.5) is 5.13 Å². The fourth-order valence-electron chi connectivity index (χ4n) is 2.93. The van der Waals surface area contributed by atoms with Gasteiger partial charge >= 0.3 is 0 Å². The minimum absolute atomic E-state index is 0.0673. The van der Waals surface area contributed by atoms with Crippen LogP contribution in [-0.4, -0.2) is 41.8 Å². The number of aryl methyl sites for hydroxylation is 1. The van der Waals surface area contributed by atoms with Crippen molar-refractivity contribution in [2.75, 3.05) is 25.0 Å². The second kappa shape index (κ2) is 8.25. The first kappa shape index (κ1) is 17.6. The number of rotatable bonds is 7. The topological polar surface area (TPSA) is 53.5 Å². The first-order chi connectivity index (χ1) is 12.1. The molecule has 2 heterocycles. The van der Waals surface area contributed by atoms with Gasteiger partial charge in [0.2, 0.25) is 11.8 Å². The molecule has 0 saturated carbocycles. The van der Waals surface area contributed by atoms with Gasteiger partial charge < -0.3 is 4.90 Å². The van der Waals surface area contributed by atoms with Gasteiger partial charge in [-0.2, -0.15) is 0 Å². The Morgan fingerprint density at radius 2 is 2.12 bits per heavy atom. The number of nitrogens with zero attached hydrogens (tertiary/aromatic N) is 3. The van der Waals surface area contributed by atoms with Crippen molar-refractivity contribution in [3.63, 3.8) is 0 Å². The monoisotopic (exact) mass is 357 g/mol. The Balaban J connectivity index is 1.46. The summed E-state index contributed by atoms with van der Waals surface area (Å²) in [5.41, 5.74) is 2.04. The molecule has 1 aliphatic rings. The van der Waals surface area contributed by atoms with Gasteiger partial charge in [-0.3, -0.25) is 14.5 Å². The molecule has 1 aromatic carbocycles. The van der Waals surface area contributed by atoms with Crippen molar-refractivity contribution in [3.8, 4) is 0 Å². The Morgan fingerprint density at radius 1 is 1.32 bits per heavy atom.